The van der Waals surface area contributed by atoms with Crippen molar-refractivity contribution in [2.45, 2.75) is 26.4 Å². The van der Waals surface area contributed by atoms with Crippen molar-refractivity contribution in [3.63, 3.8) is 0 Å². The standard InChI is InChI=1S/C23H22FN3O4/c1-13-8-15(16-4-2-3-5-19(16)26-13)12-31-20-7-6-14(9-18(20)24)10-23(22(25)29)11-17(23)21(28)27-30/h2-9,17,30H,10-12H2,1H3,(H2,25,29)(H,27,28)/t17-,23+/m1/s1. The third-order valence-corrected chi connectivity index (χ3v) is 5.82. The van der Waals surface area contributed by atoms with E-state index in [0.29, 0.717) is 5.56 Å². The van der Waals surface area contributed by atoms with E-state index in [1.807, 2.05) is 37.3 Å². The number of hydrogen-bond acceptors (Lipinski definition) is 5. The van der Waals surface area contributed by atoms with Crippen LogP contribution in [0.25, 0.3) is 10.9 Å². The van der Waals surface area contributed by atoms with E-state index in [9.17, 15) is 14.0 Å². The molecule has 0 radical (unpaired) electrons. The molecule has 0 unspecified atom stereocenters. The highest BCUT2D eigenvalue weighted by Gasteiger charge is 2.62. The van der Waals surface area contributed by atoms with Crippen LogP contribution in [0.15, 0.2) is 48.5 Å². The van der Waals surface area contributed by atoms with Gasteiger partial charge in [0.15, 0.2) is 11.6 Å². The van der Waals surface area contributed by atoms with E-state index in [4.69, 9.17) is 15.7 Å². The molecule has 1 saturated carbocycles. The summed E-state index contributed by atoms with van der Waals surface area (Å²) >= 11 is 0. The summed E-state index contributed by atoms with van der Waals surface area (Å²) in [4.78, 5) is 28.1. The molecule has 31 heavy (non-hydrogen) atoms. The number of hydroxylamine groups is 1. The Balaban J connectivity index is 1.50. The Hall–Kier alpha value is -3.52. The van der Waals surface area contributed by atoms with Crippen molar-refractivity contribution in [2.75, 3.05) is 0 Å². The largest absolute Gasteiger partial charge is 0.486 e. The molecule has 160 valence electrons. The molecule has 1 aliphatic carbocycles. The summed E-state index contributed by atoms with van der Waals surface area (Å²) in [5.74, 6) is -2.54. The van der Waals surface area contributed by atoms with Crippen molar-refractivity contribution >= 4 is 22.7 Å². The molecule has 3 aromatic rings. The molecule has 0 bridgehead atoms. The molecule has 0 saturated heterocycles. The molecule has 4 rings (SSSR count). The van der Waals surface area contributed by atoms with Gasteiger partial charge >= 0.3 is 0 Å². The van der Waals surface area contributed by atoms with E-state index < -0.39 is 29.0 Å². The number of ether oxygens (including phenoxy) is 1. The van der Waals surface area contributed by atoms with Crippen LogP contribution in [-0.4, -0.2) is 22.0 Å². The first-order valence-electron chi connectivity index (χ1n) is 9.84. The Morgan fingerprint density at radius 1 is 1.29 bits per heavy atom. The van der Waals surface area contributed by atoms with Crippen molar-refractivity contribution in [1.82, 2.24) is 10.5 Å². The molecule has 0 aliphatic heterocycles. The van der Waals surface area contributed by atoms with Gasteiger partial charge in [0.25, 0.3) is 0 Å². The SMILES string of the molecule is Cc1cc(COc2ccc(C[C@]3(C(N)=O)C[C@@H]3C(=O)NO)cc2F)c2ccccc2n1. The van der Waals surface area contributed by atoms with Crippen LogP contribution in [-0.2, 0) is 22.6 Å². The van der Waals surface area contributed by atoms with Crippen LogP contribution < -0.4 is 16.0 Å². The summed E-state index contributed by atoms with van der Waals surface area (Å²) < 4.78 is 20.4. The number of fused-ring (bicyclic) bond motifs is 1. The van der Waals surface area contributed by atoms with Gasteiger partial charge in [-0.15, -0.1) is 0 Å². The van der Waals surface area contributed by atoms with Gasteiger partial charge in [-0.3, -0.25) is 19.8 Å². The van der Waals surface area contributed by atoms with Gasteiger partial charge < -0.3 is 10.5 Å². The van der Waals surface area contributed by atoms with E-state index >= 15 is 0 Å². The molecule has 7 nitrogen and oxygen atoms in total. The molecule has 2 amide bonds. The van der Waals surface area contributed by atoms with Crippen molar-refractivity contribution in [3.8, 4) is 5.75 Å². The molecule has 1 fully saturated rings. The van der Waals surface area contributed by atoms with Crippen molar-refractivity contribution < 1.29 is 23.9 Å². The summed E-state index contributed by atoms with van der Waals surface area (Å²) in [5.41, 5.74) is 9.01. The van der Waals surface area contributed by atoms with Crippen LogP contribution in [0.2, 0.25) is 0 Å². The van der Waals surface area contributed by atoms with Gasteiger partial charge in [0.2, 0.25) is 11.8 Å². The number of amides is 2. The fourth-order valence-corrected chi connectivity index (χ4v) is 4.09. The number of carbonyl (C=O) groups is 2. The molecule has 2 aromatic carbocycles. The summed E-state index contributed by atoms with van der Waals surface area (Å²) in [6.07, 6.45) is 0.314. The summed E-state index contributed by atoms with van der Waals surface area (Å²) in [5, 5.41) is 9.75. The molecular formula is C23H22FN3O4. The highest BCUT2D eigenvalue weighted by molar-refractivity contribution is 5.95. The summed E-state index contributed by atoms with van der Waals surface area (Å²) in [7, 11) is 0. The van der Waals surface area contributed by atoms with Crippen molar-refractivity contribution in [3.05, 3.63) is 71.2 Å². The summed E-state index contributed by atoms with van der Waals surface area (Å²) in [6.45, 7) is 2.06. The minimum atomic E-state index is -1.12. The van der Waals surface area contributed by atoms with Gasteiger partial charge in [-0.25, -0.2) is 9.87 Å². The van der Waals surface area contributed by atoms with Crippen LogP contribution in [0.4, 0.5) is 4.39 Å². The van der Waals surface area contributed by atoms with Gasteiger partial charge in [0, 0.05) is 16.6 Å². The molecule has 4 N–H and O–H groups in total. The third-order valence-electron chi connectivity index (χ3n) is 5.82. The normalized spacial score (nSPS) is 19.8. The number of rotatable bonds is 7. The Kier molecular flexibility index (Phi) is 5.32. The Morgan fingerprint density at radius 2 is 2.06 bits per heavy atom. The van der Waals surface area contributed by atoms with E-state index in [0.717, 1.165) is 22.2 Å². The number of nitrogens with one attached hydrogen (secondary N) is 1. The number of carbonyl (C=O) groups excluding carboxylic acids is 2. The molecule has 1 heterocycles. The second-order valence-corrected chi connectivity index (χ2v) is 7.92. The quantitative estimate of drug-likeness (QED) is 0.399. The second-order valence-electron chi connectivity index (χ2n) is 7.92. The fourth-order valence-electron chi connectivity index (χ4n) is 4.09. The number of aryl methyl sites for hydroxylation is 1. The lowest BCUT2D eigenvalue weighted by Gasteiger charge is -2.15. The lowest BCUT2D eigenvalue weighted by atomic mass is 9.92. The Bertz CT molecular complexity index is 1180. The molecule has 0 spiro atoms. The number of primary amides is 1. The number of para-hydroxylation sites is 1. The minimum absolute atomic E-state index is 0.0795. The van der Waals surface area contributed by atoms with E-state index in [1.165, 1.54) is 12.1 Å². The first-order chi connectivity index (χ1) is 14.8. The van der Waals surface area contributed by atoms with Gasteiger partial charge in [-0.2, -0.15) is 0 Å². The molecule has 1 aromatic heterocycles. The lowest BCUT2D eigenvalue weighted by Crippen LogP contribution is -2.33. The zero-order chi connectivity index (χ0) is 22.2. The van der Waals surface area contributed by atoms with E-state index in [2.05, 4.69) is 4.98 Å². The first kappa shape index (κ1) is 20.7. The molecule has 2 atom stereocenters. The number of benzene rings is 2. The molecule has 1 aliphatic rings. The number of nitrogens with zero attached hydrogens (tertiary/aromatic N) is 1. The minimum Gasteiger partial charge on any atom is -0.486 e. The number of aromatic nitrogens is 1. The van der Waals surface area contributed by atoms with Gasteiger partial charge in [-0.05, 0) is 49.6 Å². The van der Waals surface area contributed by atoms with Crippen LogP contribution >= 0.6 is 0 Å². The van der Waals surface area contributed by atoms with Gasteiger partial charge in [-0.1, -0.05) is 24.3 Å². The first-order valence-corrected chi connectivity index (χ1v) is 9.84. The Morgan fingerprint density at radius 3 is 2.77 bits per heavy atom. The molecular weight excluding hydrogens is 401 g/mol. The zero-order valence-electron chi connectivity index (χ0n) is 16.9. The van der Waals surface area contributed by atoms with Crippen molar-refractivity contribution in [2.24, 2.45) is 17.1 Å². The monoisotopic (exact) mass is 423 g/mol. The third kappa shape index (κ3) is 3.94. The van der Waals surface area contributed by atoms with Crippen LogP contribution in [0.3, 0.4) is 0 Å². The number of pyridine rings is 1. The average molecular weight is 423 g/mol. The molecule has 8 heteroatoms. The topological polar surface area (TPSA) is 115 Å². The maximum Gasteiger partial charge on any atom is 0.247 e. The van der Waals surface area contributed by atoms with Crippen LogP contribution in [0.1, 0.15) is 23.2 Å². The van der Waals surface area contributed by atoms with E-state index in [-0.39, 0.29) is 25.2 Å². The van der Waals surface area contributed by atoms with Crippen molar-refractivity contribution in [1.29, 1.82) is 0 Å². The predicted molar refractivity (Wildman–Crippen MR) is 111 cm³/mol. The zero-order valence-corrected chi connectivity index (χ0v) is 16.9. The van der Waals surface area contributed by atoms with Crippen LogP contribution in [0, 0.1) is 24.1 Å². The maximum absolute atomic E-state index is 14.7. The highest BCUT2D eigenvalue weighted by atomic mass is 19.1. The van der Waals surface area contributed by atoms with Gasteiger partial charge in [0.05, 0.1) is 16.8 Å². The summed E-state index contributed by atoms with van der Waals surface area (Å²) in [6, 6.07) is 14.0. The van der Waals surface area contributed by atoms with E-state index in [1.54, 1.807) is 11.5 Å². The number of halogens is 1. The average Bonchev–Trinajstić information content (AvgIpc) is 3.48. The number of hydrogen-bond donors (Lipinski definition) is 3. The Labute approximate surface area is 178 Å². The maximum atomic E-state index is 14.7. The predicted octanol–water partition coefficient (Wildman–Crippen LogP) is 2.80. The second kappa shape index (κ2) is 7.96. The smallest absolute Gasteiger partial charge is 0.247 e. The van der Waals surface area contributed by atoms with Crippen LogP contribution in [0.5, 0.6) is 5.75 Å². The fraction of sp³-hybridized carbons (Fsp3) is 0.261. The highest BCUT2D eigenvalue weighted by Crippen LogP contribution is 2.54. The number of nitrogens with two attached hydrogens (primary N) is 1. The van der Waals surface area contributed by atoms with Gasteiger partial charge in [0.1, 0.15) is 6.61 Å². The lowest BCUT2D eigenvalue weighted by molar-refractivity contribution is -0.134.